The first kappa shape index (κ1) is 9.20. The summed E-state index contributed by atoms with van der Waals surface area (Å²) in [6.07, 6.45) is 4.31. The monoisotopic (exact) mass is 146 g/mol. The van der Waals surface area contributed by atoms with Crippen molar-refractivity contribution in [3.63, 3.8) is 0 Å². The molecule has 0 aromatic carbocycles. The van der Waals surface area contributed by atoms with Gasteiger partial charge in [-0.2, -0.15) is 0 Å². The van der Waals surface area contributed by atoms with Gasteiger partial charge in [-0.25, -0.2) is 10.1 Å². The molecule has 0 unspecified atom stereocenters. The van der Waals surface area contributed by atoms with Gasteiger partial charge in [0, 0.05) is 0 Å². The third-order valence-electron chi connectivity index (χ3n) is 1.27. The second kappa shape index (κ2) is 6.32. The Morgan fingerprint density at radius 1 is 1.40 bits per heavy atom. The zero-order chi connectivity index (χ0) is 7.82. The van der Waals surface area contributed by atoms with Crippen LogP contribution in [-0.2, 0) is 0 Å². The van der Waals surface area contributed by atoms with Gasteiger partial charge in [0.15, 0.2) is 5.03 Å². The number of unbranched alkanes of at least 4 members (excludes halogenated alkanes) is 3. The lowest BCUT2D eigenvalue weighted by atomic mass is 10.2. The predicted octanol–water partition coefficient (Wildman–Crippen LogP) is 1.35. The maximum atomic E-state index is 9.73. The van der Waals surface area contributed by atoms with E-state index in [4.69, 9.17) is 0 Å². The van der Waals surface area contributed by atoms with E-state index in [-0.39, 0.29) is 0 Å². The average molecular weight is 146 g/mol. The van der Waals surface area contributed by atoms with Gasteiger partial charge in [0.2, 0.25) is 0 Å². The second-order valence-electron chi connectivity index (χ2n) is 2.23. The Morgan fingerprint density at radius 3 is 2.60 bits per heavy atom. The molecule has 0 amide bonds. The molecular formula is C6H14N2O2. The maximum Gasteiger partial charge on any atom is 0.157 e. The fraction of sp³-hybridized carbons (Fsp3) is 1.00. The van der Waals surface area contributed by atoms with Crippen LogP contribution in [0.15, 0.2) is 0 Å². The molecule has 60 valence electrons. The van der Waals surface area contributed by atoms with Crippen LogP contribution in [0.4, 0.5) is 0 Å². The molecule has 0 rings (SSSR count). The van der Waals surface area contributed by atoms with Crippen molar-refractivity contribution < 1.29 is 5.03 Å². The van der Waals surface area contributed by atoms with E-state index in [0.29, 0.717) is 6.54 Å². The Hall–Kier alpha value is -0.800. The van der Waals surface area contributed by atoms with Gasteiger partial charge in [-0.3, -0.25) is 0 Å². The summed E-state index contributed by atoms with van der Waals surface area (Å²) in [7, 11) is 0. The van der Waals surface area contributed by atoms with Crippen molar-refractivity contribution in [2.75, 3.05) is 6.54 Å². The molecule has 4 heteroatoms. The molecule has 0 saturated carbocycles. The largest absolute Gasteiger partial charge is 0.235 e. The van der Waals surface area contributed by atoms with Gasteiger partial charge in [0.25, 0.3) is 0 Å². The third-order valence-corrected chi connectivity index (χ3v) is 1.27. The molecule has 0 aromatic heterocycles. The highest BCUT2D eigenvalue weighted by Crippen LogP contribution is 1.96. The summed E-state index contributed by atoms with van der Waals surface area (Å²) in [6, 6.07) is 0. The summed E-state index contributed by atoms with van der Waals surface area (Å²) in [5.41, 5.74) is 2.13. The average Bonchev–Trinajstić information content (AvgIpc) is 1.87. The summed E-state index contributed by atoms with van der Waals surface area (Å²) in [4.78, 5) is 9.73. The summed E-state index contributed by atoms with van der Waals surface area (Å²) >= 11 is 0. The van der Waals surface area contributed by atoms with E-state index in [9.17, 15) is 10.1 Å². The molecule has 0 bridgehead atoms. The van der Waals surface area contributed by atoms with Gasteiger partial charge >= 0.3 is 0 Å². The van der Waals surface area contributed by atoms with Gasteiger partial charge in [0.05, 0.1) is 6.54 Å². The number of nitro groups is 1. The second-order valence-corrected chi connectivity index (χ2v) is 2.23. The molecule has 1 N–H and O–H groups in total. The Labute approximate surface area is 60.7 Å². The van der Waals surface area contributed by atoms with Crippen LogP contribution in [0.5, 0.6) is 0 Å². The lowest BCUT2D eigenvalue weighted by Gasteiger charge is -1.95. The topological polar surface area (TPSA) is 55.2 Å². The van der Waals surface area contributed by atoms with Crippen molar-refractivity contribution in [3.8, 4) is 0 Å². The van der Waals surface area contributed by atoms with Crippen LogP contribution >= 0.6 is 0 Å². The van der Waals surface area contributed by atoms with Crippen LogP contribution in [0.1, 0.15) is 32.6 Å². The zero-order valence-corrected chi connectivity index (χ0v) is 6.30. The fourth-order valence-corrected chi connectivity index (χ4v) is 0.722. The molecule has 0 radical (unpaired) electrons. The third kappa shape index (κ3) is 7.20. The standard InChI is InChI=1S/C6H14N2O2/c1-2-3-4-5-6-7-8(9)10/h7H,2-6H2,1H3. The van der Waals surface area contributed by atoms with Crippen molar-refractivity contribution in [3.05, 3.63) is 10.1 Å². The zero-order valence-electron chi connectivity index (χ0n) is 6.30. The van der Waals surface area contributed by atoms with E-state index in [2.05, 4.69) is 12.3 Å². The van der Waals surface area contributed by atoms with Crippen LogP contribution in [0.3, 0.4) is 0 Å². The Kier molecular flexibility index (Phi) is 5.82. The van der Waals surface area contributed by atoms with E-state index < -0.39 is 5.03 Å². The van der Waals surface area contributed by atoms with Crippen molar-refractivity contribution in [1.82, 2.24) is 5.43 Å². The van der Waals surface area contributed by atoms with Crippen molar-refractivity contribution >= 4 is 0 Å². The first-order valence-electron chi connectivity index (χ1n) is 3.65. The van der Waals surface area contributed by atoms with E-state index >= 15 is 0 Å². The van der Waals surface area contributed by atoms with E-state index in [1.54, 1.807) is 0 Å². The number of nitrogens with zero attached hydrogens (tertiary/aromatic N) is 1. The van der Waals surface area contributed by atoms with Gasteiger partial charge in [-0.1, -0.05) is 26.2 Å². The molecule has 0 aromatic rings. The first-order valence-corrected chi connectivity index (χ1v) is 3.65. The molecule has 0 fully saturated rings. The molecule has 0 aliphatic rings. The molecule has 0 saturated heterocycles. The van der Waals surface area contributed by atoms with Crippen molar-refractivity contribution in [1.29, 1.82) is 0 Å². The van der Waals surface area contributed by atoms with Gasteiger partial charge in [-0.05, 0) is 6.42 Å². The fourth-order valence-electron chi connectivity index (χ4n) is 0.722. The number of hydrogen-bond acceptors (Lipinski definition) is 2. The highest BCUT2D eigenvalue weighted by Gasteiger charge is 1.91. The number of hydrazine groups is 1. The van der Waals surface area contributed by atoms with E-state index in [1.807, 2.05) is 0 Å². The number of rotatable bonds is 6. The Bertz CT molecular complexity index is 95.7. The first-order chi connectivity index (χ1) is 4.77. The Balaban J connectivity index is 2.84. The van der Waals surface area contributed by atoms with Crippen LogP contribution < -0.4 is 5.43 Å². The predicted molar refractivity (Wildman–Crippen MR) is 39.1 cm³/mol. The van der Waals surface area contributed by atoms with Crippen LogP contribution in [0.2, 0.25) is 0 Å². The minimum atomic E-state index is -0.494. The molecule has 10 heavy (non-hydrogen) atoms. The van der Waals surface area contributed by atoms with Crippen molar-refractivity contribution in [2.24, 2.45) is 0 Å². The molecule has 0 atom stereocenters. The summed E-state index contributed by atoms with van der Waals surface area (Å²) in [6.45, 7) is 2.61. The number of hydrogen-bond donors (Lipinski definition) is 1. The molecular weight excluding hydrogens is 132 g/mol. The van der Waals surface area contributed by atoms with Gasteiger partial charge < -0.3 is 0 Å². The minimum Gasteiger partial charge on any atom is -0.235 e. The summed E-state index contributed by atoms with van der Waals surface area (Å²) < 4.78 is 0. The lowest BCUT2D eigenvalue weighted by Crippen LogP contribution is -2.22. The van der Waals surface area contributed by atoms with Gasteiger partial charge in [-0.15, -0.1) is 5.43 Å². The highest BCUT2D eigenvalue weighted by atomic mass is 16.7. The lowest BCUT2D eigenvalue weighted by molar-refractivity contribution is -0.544. The molecule has 4 nitrogen and oxygen atoms in total. The molecule has 0 heterocycles. The smallest absolute Gasteiger partial charge is 0.157 e. The van der Waals surface area contributed by atoms with E-state index in [0.717, 1.165) is 12.8 Å². The molecule has 0 spiro atoms. The van der Waals surface area contributed by atoms with Crippen molar-refractivity contribution in [2.45, 2.75) is 32.6 Å². The summed E-state index contributed by atoms with van der Waals surface area (Å²) in [5.74, 6) is 0. The number of nitrogens with one attached hydrogen (secondary N) is 1. The SMILES string of the molecule is CCCCCCN[N+](=O)[O-]. The van der Waals surface area contributed by atoms with E-state index in [1.165, 1.54) is 12.8 Å². The quantitative estimate of drug-likeness (QED) is 0.349. The van der Waals surface area contributed by atoms with Crippen LogP contribution in [-0.4, -0.2) is 11.6 Å². The normalized spacial score (nSPS) is 9.30. The van der Waals surface area contributed by atoms with Crippen LogP contribution in [0, 0.1) is 10.1 Å². The summed E-state index contributed by atoms with van der Waals surface area (Å²) in [5, 5.41) is 9.23. The molecule has 0 aliphatic heterocycles. The van der Waals surface area contributed by atoms with Gasteiger partial charge in [0.1, 0.15) is 0 Å². The van der Waals surface area contributed by atoms with Crippen LogP contribution in [0.25, 0.3) is 0 Å². The maximum absolute atomic E-state index is 9.73. The Morgan fingerprint density at radius 2 is 2.10 bits per heavy atom. The minimum absolute atomic E-state index is 0.493. The molecule has 0 aliphatic carbocycles. The highest BCUT2D eigenvalue weighted by molar-refractivity contribution is 4.40.